The van der Waals surface area contributed by atoms with Crippen LogP contribution in [0, 0.1) is 6.92 Å². The van der Waals surface area contributed by atoms with E-state index in [1.54, 1.807) is 6.20 Å². The molecule has 0 saturated heterocycles. The second kappa shape index (κ2) is 4.24. The Bertz CT molecular complexity index is 492. The molecule has 0 radical (unpaired) electrons. The third-order valence-electron chi connectivity index (χ3n) is 2.28. The smallest absolute Gasteiger partial charge is 0.158 e. The molecular formula is C14H18N2O. The molecule has 0 bridgehead atoms. The molecule has 17 heavy (non-hydrogen) atoms. The quantitative estimate of drug-likeness (QED) is 0.791. The molecule has 0 aliphatic rings. The Morgan fingerprint density at radius 2 is 1.76 bits per heavy atom. The van der Waals surface area contributed by atoms with E-state index in [2.05, 4.69) is 24.2 Å². The maximum atomic E-state index is 5.74. The third-order valence-corrected chi connectivity index (χ3v) is 2.28. The summed E-state index contributed by atoms with van der Waals surface area (Å²) in [6.45, 7) is 8.14. The maximum Gasteiger partial charge on any atom is 0.158 e. The second-order valence-electron chi connectivity index (χ2n) is 5.17. The van der Waals surface area contributed by atoms with Crippen molar-refractivity contribution in [1.29, 1.82) is 0 Å². The first-order chi connectivity index (χ1) is 7.94. The van der Waals surface area contributed by atoms with Gasteiger partial charge < -0.3 is 4.74 Å². The summed E-state index contributed by atoms with van der Waals surface area (Å²) in [7, 11) is 0. The standard InChI is InChI=1S/C14H18N2O/c1-11-5-7-12(8-6-11)16-10-13(9-15-16)17-14(2,3)4/h5-10H,1-4H3. The fourth-order valence-corrected chi connectivity index (χ4v) is 1.55. The number of ether oxygens (including phenoxy) is 1. The highest BCUT2D eigenvalue weighted by molar-refractivity contribution is 5.34. The number of aryl methyl sites for hydroxylation is 1. The monoisotopic (exact) mass is 230 g/mol. The van der Waals surface area contributed by atoms with Crippen molar-refractivity contribution in [2.45, 2.75) is 33.3 Å². The average molecular weight is 230 g/mol. The molecule has 0 aliphatic heterocycles. The van der Waals surface area contributed by atoms with E-state index in [0.29, 0.717) is 0 Å². The van der Waals surface area contributed by atoms with Crippen LogP contribution in [-0.2, 0) is 0 Å². The summed E-state index contributed by atoms with van der Waals surface area (Å²) in [4.78, 5) is 0. The summed E-state index contributed by atoms with van der Waals surface area (Å²) in [5, 5.41) is 4.29. The number of benzene rings is 1. The van der Waals surface area contributed by atoms with Crippen LogP contribution in [0.4, 0.5) is 0 Å². The predicted molar refractivity (Wildman–Crippen MR) is 68.7 cm³/mol. The molecule has 0 N–H and O–H groups in total. The van der Waals surface area contributed by atoms with Gasteiger partial charge in [0, 0.05) is 0 Å². The van der Waals surface area contributed by atoms with Crippen LogP contribution in [0.5, 0.6) is 5.75 Å². The van der Waals surface area contributed by atoms with Crippen molar-refractivity contribution in [3.8, 4) is 11.4 Å². The number of nitrogens with zero attached hydrogens (tertiary/aromatic N) is 2. The summed E-state index contributed by atoms with van der Waals surface area (Å²) < 4.78 is 7.56. The molecule has 0 spiro atoms. The van der Waals surface area contributed by atoms with Gasteiger partial charge in [0.15, 0.2) is 5.75 Å². The summed E-state index contributed by atoms with van der Waals surface area (Å²) in [6.07, 6.45) is 3.64. The summed E-state index contributed by atoms with van der Waals surface area (Å²) in [5.74, 6) is 0.790. The number of aromatic nitrogens is 2. The molecule has 0 fully saturated rings. The van der Waals surface area contributed by atoms with Gasteiger partial charge in [-0.2, -0.15) is 5.10 Å². The Kier molecular flexibility index (Phi) is 2.92. The zero-order valence-corrected chi connectivity index (χ0v) is 10.8. The van der Waals surface area contributed by atoms with Gasteiger partial charge in [-0.1, -0.05) is 17.7 Å². The first kappa shape index (κ1) is 11.7. The highest BCUT2D eigenvalue weighted by Gasteiger charge is 2.13. The maximum absolute atomic E-state index is 5.74. The van der Waals surface area contributed by atoms with Gasteiger partial charge in [0.2, 0.25) is 0 Å². The fraction of sp³-hybridized carbons (Fsp3) is 0.357. The molecule has 0 amide bonds. The van der Waals surface area contributed by atoms with Crippen LogP contribution in [0.3, 0.4) is 0 Å². The van der Waals surface area contributed by atoms with Crippen molar-refractivity contribution >= 4 is 0 Å². The number of rotatable bonds is 2. The predicted octanol–water partition coefficient (Wildman–Crippen LogP) is 3.36. The molecule has 0 saturated carbocycles. The minimum Gasteiger partial charge on any atom is -0.485 e. The molecule has 1 aromatic heterocycles. The van der Waals surface area contributed by atoms with E-state index in [-0.39, 0.29) is 5.60 Å². The molecule has 1 heterocycles. The largest absolute Gasteiger partial charge is 0.485 e. The molecule has 2 rings (SSSR count). The van der Waals surface area contributed by atoms with Crippen molar-refractivity contribution in [2.24, 2.45) is 0 Å². The van der Waals surface area contributed by atoms with Crippen molar-refractivity contribution in [2.75, 3.05) is 0 Å². The van der Waals surface area contributed by atoms with Gasteiger partial charge in [-0.25, -0.2) is 4.68 Å². The molecule has 3 heteroatoms. The molecular weight excluding hydrogens is 212 g/mol. The van der Waals surface area contributed by atoms with Crippen LogP contribution < -0.4 is 4.74 Å². The topological polar surface area (TPSA) is 27.1 Å². The van der Waals surface area contributed by atoms with E-state index in [9.17, 15) is 0 Å². The third kappa shape index (κ3) is 3.09. The SMILES string of the molecule is Cc1ccc(-n2cc(OC(C)(C)C)cn2)cc1. The zero-order valence-electron chi connectivity index (χ0n) is 10.8. The van der Waals surface area contributed by atoms with Crippen LogP contribution in [0.25, 0.3) is 5.69 Å². The van der Waals surface area contributed by atoms with E-state index in [1.165, 1.54) is 5.56 Å². The second-order valence-corrected chi connectivity index (χ2v) is 5.17. The van der Waals surface area contributed by atoms with Crippen LogP contribution in [0.2, 0.25) is 0 Å². The van der Waals surface area contributed by atoms with Gasteiger partial charge in [0.05, 0.1) is 18.1 Å². The minimum atomic E-state index is -0.193. The van der Waals surface area contributed by atoms with Crippen molar-refractivity contribution < 1.29 is 4.74 Å². The van der Waals surface area contributed by atoms with E-state index in [4.69, 9.17) is 4.74 Å². The molecule has 1 aromatic carbocycles. The molecule has 2 aromatic rings. The number of hydrogen-bond acceptors (Lipinski definition) is 2. The molecule has 3 nitrogen and oxygen atoms in total. The zero-order chi connectivity index (χ0) is 12.5. The van der Waals surface area contributed by atoms with Crippen molar-refractivity contribution in [3.05, 3.63) is 42.2 Å². The molecule has 0 atom stereocenters. The van der Waals surface area contributed by atoms with Crippen molar-refractivity contribution in [1.82, 2.24) is 9.78 Å². The van der Waals surface area contributed by atoms with Gasteiger partial charge in [-0.3, -0.25) is 0 Å². The normalized spacial score (nSPS) is 11.5. The lowest BCUT2D eigenvalue weighted by Gasteiger charge is -2.19. The molecule has 90 valence electrons. The van der Waals surface area contributed by atoms with Crippen LogP contribution in [0.15, 0.2) is 36.7 Å². The van der Waals surface area contributed by atoms with Crippen LogP contribution in [0.1, 0.15) is 26.3 Å². The summed E-state index contributed by atoms with van der Waals surface area (Å²) in [5.41, 5.74) is 2.09. The van der Waals surface area contributed by atoms with Crippen molar-refractivity contribution in [3.63, 3.8) is 0 Å². The lowest BCUT2D eigenvalue weighted by molar-refractivity contribution is 0.131. The average Bonchev–Trinajstić information content (AvgIpc) is 2.64. The number of hydrogen-bond donors (Lipinski definition) is 0. The molecule has 0 unspecified atom stereocenters. The Hall–Kier alpha value is -1.77. The first-order valence-corrected chi connectivity index (χ1v) is 5.75. The van der Waals surface area contributed by atoms with E-state index in [0.717, 1.165) is 11.4 Å². The van der Waals surface area contributed by atoms with Gasteiger partial charge in [-0.05, 0) is 39.8 Å². The summed E-state index contributed by atoms with van der Waals surface area (Å²) in [6, 6.07) is 8.23. The highest BCUT2D eigenvalue weighted by Crippen LogP contribution is 2.19. The fourth-order valence-electron chi connectivity index (χ4n) is 1.55. The Morgan fingerprint density at radius 1 is 1.12 bits per heavy atom. The first-order valence-electron chi connectivity index (χ1n) is 5.75. The Labute approximate surface area is 102 Å². The van der Waals surface area contributed by atoms with E-state index >= 15 is 0 Å². The molecule has 0 aliphatic carbocycles. The van der Waals surface area contributed by atoms with E-state index < -0.39 is 0 Å². The van der Waals surface area contributed by atoms with Gasteiger partial charge in [-0.15, -0.1) is 0 Å². The van der Waals surface area contributed by atoms with Crippen LogP contribution in [-0.4, -0.2) is 15.4 Å². The Balaban J connectivity index is 2.21. The Morgan fingerprint density at radius 3 is 2.35 bits per heavy atom. The lowest BCUT2D eigenvalue weighted by Crippen LogP contribution is -2.22. The van der Waals surface area contributed by atoms with Gasteiger partial charge >= 0.3 is 0 Å². The van der Waals surface area contributed by atoms with Gasteiger partial charge in [0.1, 0.15) is 5.60 Å². The van der Waals surface area contributed by atoms with Crippen LogP contribution >= 0.6 is 0 Å². The highest BCUT2D eigenvalue weighted by atomic mass is 16.5. The van der Waals surface area contributed by atoms with E-state index in [1.807, 2.05) is 43.8 Å². The van der Waals surface area contributed by atoms with Gasteiger partial charge in [0.25, 0.3) is 0 Å². The summed E-state index contributed by atoms with van der Waals surface area (Å²) >= 11 is 0. The minimum absolute atomic E-state index is 0.193. The lowest BCUT2D eigenvalue weighted by atomic mass is 10.2.